The summed E-state index contributed by atoms with van der Waals surface area (Å²) in [7, 11) is 0. The Morgan fingerprint density at radius 2 is 1.96 bits per heavy atom. The van der Waals surface area contributed by atoms with Gasteiger partial charge >= 0.3 is 0 Å². The van der Waals surface area contributed by atoms with E-state index in [9.17, 15) is 4.79 Å². The maximum Gasteiger partial charge on any atom is 0.272 e. The van der Waals surface area contributed by atoms with Gasteiger partial charge in [-0.2, -0.15) is 0 Å². The van der Waals surface area contributed by atoms with Gasteiger partial charge in [0.1, 0.15) is 17.5 Å². The van der Waals surface area contributed by atoms with E-state index in [2.05, 4.69) is 4.98 Å². The monoisotopic (exact) mass is 342 g/mol. The van der Waals surface area contributed by atoms with Gasteiger partial charge in [-0.05, 0) is 43.0 Å². The van der Waals surface area contributed by atoms with Crippen molar-refractivity contribution in [2.45, 2.75) is 18.9 Å². The minimum Gasteiger partial charge on any atom is -0.489 e. The van der Waals surface area contributed by atoms with Crippen LogP contribution in [0.1, 0.15) is 23.3 Å². The molecule has 1 aromatic heterocycles. The van der Waals surface area contributed by atoms with E-state index in [-0.39, 0.29) is 12.0 Å². The summed E-state index contributed by atoms with van der Waals surface area (Å²) >= 11 is 6.21. The van der Waals surface area contributed by atoms with Crippen molar-refractivity contribution in [2.24, 2.45) is 11.8 Å². The van der Waals surface area contributed by atoms with E-state index in [0.29, 0.717) is 22.6 Å². The Bertz CT molecular complexity index is 737. The zero-order chi connectivity index (χ0) is 16.5. The van der Waals surface area contributed by atoms with E-state index in [1.165, 1.54) is 0 Å². The number of rotatable bonds is 3. The van der Waals surface area contributed by atoms with Crippen LogP contribution in [0, 0.1) is 11.8 Å². The first-order chi connectivity index (χ1) is 11.7. The lowest BCUT2D eigenvalue weighted by Crippen LogP contribution is -2.32. The highest BCUT2D eigenvalue weighted by molar-refractivity contribution is 6.32. The molecule has 4 nitrogen and oxygen atoms in total. The van der Waals surface area contributed by atoms with Gasteiger partial charge in [0.25, 0.3) is 5.91 Å². The summed E-state index contributed by atoms with van der Waals surface area (Å²) < 4.78 is 6.17. The first kappa shape index (κ1) is 15.5. The summed E-state index contributed by atoms with van der Waals surface area (Å²) in [5.41, 5.74) is 0.515. The Kier molecular flexibility index (Phi) is 4.15. The molecule has 1 aromatic carbocycles. The van der Waals surface area contributed by atoms with Crippen molar-refractivity contribution in [1.29, 1.82) is 0 Å². The number of nitrogens with zero attached hydrogens (tertiary/aromatic N) is 2. The third kappa shape index (κ3) is 2.86. The first-order valence-electron chi connectivity index (χ1n) is 8.34. The fraction of sp³-hybridized carbons (Fsp3) is 0.368. The van der Waals surface area contributed by atoms with Crippen LogP contribution < -0.4 is 4.74 Å². The number of halogens is 1. The van der Waals surface area contributed by atoms with Gasteiger partial charge in [0.2, 0.25) is 0 Å². The third-order valence-corrected chi connectivity index (χ3v) is 5.39. The number of aromatic nitrogens is 1. The van der Waals surface area contributed by atoms with Crippen LogP contribution in [-0.4, -0.2) is 35.0 Å². The van der Waals surface area contributed by atoms with Crippen molar-refractivity contribution < 1.29 is 9.53 Å². The minimum absolute atomic E-state index is 0.0153. The van der Waals surface area contributed by atoms with Crippen LogP contribution in [0.3, 0.4) is 0 Å². The summed E-state index contributed by atoms with van der Waals surface area (Å²) in [6.45, 7) is 1.53. The number of para-hydroxylation sites is 1. The fourth-order valence-electron chi connectivity index (χ4n) is 3.88. The van der Waals surface area contributed by atoms with Gasteiger partial charge in [-0.25, -0.2) is 0 Å². The average Bonchev–Trinajstić information content (AvgIpc) is 3.19. The van der Waals surface area contributed by atoms with Crippen LogP contribution in [0.4, 0.5) is 0 Å². The van der Waals surface area contributed by atoms with Crippen molar-refractivity contribution in [2.75, 3.05) is 13.1 Å². The molecule has 4 rings (SSSR count). The fourth-order valence-corrected chi connectivity index (χ4v) is 4.06. The summed E-state index contributed by atoms with van der Waals surface area (Å²) in [4.78, 5) is 18.7. The lowest BCUT2D eigenvalue weighted by atomic mass is 9.99. The van der Waals surface area contributed by atoms with Gasteiger partial charge in [-0.15, -0.1) is 0 Å². The Hall–Kier alpha value is -2.07. The molecule has 0 bridgehead atoms. The normalized spacial score (nSPS) is 25.5. The second-order valence-electron chi connectivity index (χ2n) is 6.51. The van der Waals surface area contributed by atoms with Gasteiger partial charge in [-0.3, -0.25) is 9.78 Å². The van der Waals surface area contributed by atoms with Gasteiger partial charge in [0, 0.05) is 25.2 Å². The molecule has 2 heterocycles. The van der Waals surface area contributed by atoms with Gasteiger partial charge in [0.15, 0.2) is 0 Å². The van der Waals surface area contributed by atoms with E-state index < -0.39 is 0 Å². The van der Waals surface area contributed by atoms with Crippen LogP contribution >= 0.6 is 11.6 Å². The molecule has 0 radical (unpaired) electrons. The van der Waals surface area contributed by atoms with Crippen molar-refractivity contribution in [3.63, 3.8) is 0 Å². The molecular weight excluding hydrogens is 324 g/mol. The maximum absolute atomic E-state index is 12.6. The molecule has 3 atom stereocenters. The van der Waals surface area contributed by atoms with Gasteiger partial charge < -0.3 is 9.64 Å². The summed E-state index contributed by atoms with van der Waals surface area (Å²) in [6.07, 6.45) is 3.89. The molecule has 1 saturated heterocycles. The highest BCUT2D eigenvalue weighted by atomic mass is 35.5. The first-order valence-corrected chi connectivity index (χ1v) is 8.71. The molecule has 1 aliphatic carbocycles. The van der Waals surface area contributed by atoms with Crippen molar-refractivity contribution in [3.05, 3.63) is 59.4 Å². The SMILES string of the molecule is O=C(c1ccccn1)N1C[C@@H]2CC[C@H](Oc3ccccc3Cl)[C@@H]2C1. The van der Waals surface area contributed by atoms with Crippen LogP contribution in [-0.2, 0) is 0 Å². The number of carbonyl (C=O) groups excluding carboxylic acids is 1. The standard InChI is InChI=1S/C19H19ClN2O2/c20-15-5-1-2-7-18(15)24-17-9-8-13-11-22(12-14(13)17)19(23)16-6-3-4-10-21-16/h1-7,10,13-14,17H,8-9,11-12H2/t13-,14+,17-/m0/s1. The smallest absolute Gasteiger partial charge is 0.272 e. The van der Waals surface area contributed by atoms with Gasteiger partial charge in [0.05, 0.1) is 5.02 Å². The zero-order valence-electron chi connectivity index (χ0n) is 13.3. The third-order valence-electron chi connectivity index (χ3n) is 5.08. The number of likely N-dealkylation sites (tertiary alicyclic amines) is 1. The molecule has 0 spiro atoms. The molecule has 1 aliphatic heterocycles. The lowest BCUT2D eigenvalue weighted by Gasteiger charge is -2.22. The van der Waals surface area contributed by atoms with Gasteiger partial charge in [-0.1, -0.05) is 29.8 Å². The largest absolute Gasteiger partial charge is 0.489 e. The lowest BCUT2D eigenvalue weighted by molar-refractivity contribution is 0.0756. The molecule has 0 unspecified atom stereocenters. The quantitative estimate of drug-likeness (QED) is 0.854. The molecule has 1 saturated carbocycles. The molecule has 0 N–H and O–H groups in total. The van der Waals surface area contributed by atoms with E-state index in [1.54, 1.807) is 12.3 Å². The Balaban J connectivity index is 1.45. The minimum atomic E-state index is 0.0153. The van der Waals surface area contributed by atoms with E-state index >= 15 is 0 Å². The highest BCUT2D eigenvalue weighted by Gasteiger charge is 2.45. The molecular formula is C19H19ClN2O2. The molecule has 2 fully saturated rings. The highest BCUT2D eigenvalue weighted by Crippen LogP contribution is 2.41. The van der Waals surface area contributed by atoms with Crippen LogP contribution in [0.5, 0.6) is 5.75 Å². The topological polar surface area (TPSA) is 42.4 Å². The van der Waals surface area contributed by atoms with Crippen LogP contribution in [0.15, 0.2) is 48.7 Å². The predicted octanol–water partition coefficient (Wildman–Crippen LogP) is 3.66. The molecule has 124 valence electrons. The molecule has 24 heavy (non-hydrogen) atoms. The number of pyridine rings is 1. The Morgan fingerprint density at radius 3 is 2.75 bits per heavy atom. The van der Waals surface area contributed by atoms with Crippen molar-refractivity contribution in [3.8, 4) is 5.75 Å². The Morgan fingerprint density at radius 1 is 1.12 bits per heavy atom. The summed E-state index contributed by atoms with van der Waals surface area (Å²) in [6, 6.07) is 13.0. The van der Waals surface area contributed by atoms with Crippen molar-refractivity contribution in [1.82, 2.24) is 9.88 Å². The molecule has 1 amide bonds. The zero-order valence-corrected chi connectivity index (χ0v) is 14.0. The number of carbonyl (C=O) groups is 1. The number of fused-ring (bicyclic) bond motifs is 1. The molecule has 5 heteroatoms. The molecule has 2 aromatic rings. The number of ether oxygens (including phenoxy) is 1. The second-order valence-corrected chi connectivity index (χ2v) is 6.92. The Labute approximate surface area is 146 Å². The maximum atomic E-state index is 12.6. The van der Waals surface area contributed by atoms with E-state index in [4.69, 9.17) is 16.3 Å². The second kappa shape index (κ2) is 6.44. The number of hydrogen-bond acceptors (Lipinski definition) is 3. The predicted molar refractivity (Wildman–Crippen MR) is 92.2 cm³/mol. The summed E-state index contributed by atoms with van der Waals surface area (Å²) in [5.74, 6) is 1.62. The molecule has 2 aliphatic rings. The van der Waals surface area contributed by atoms with E-state index in [1.807, 2.05) is 41.3 Å². The van der Waals surface area contributed by atoms with Crippen LogP contribution in [0.2, 0.25) is 5.02 Å². The average molecular weight is 343 g/mol. The summed E-state index contributed by atoms with van der Waals surface area (Å²) in [5, 5.41) is 0.639. The number of amides is 1. The van der Waals surface area contributed by atoms with Crippen molar-refractivity contribution >= 4 is 17.5 Å². The number of hydrogen-bond donors (Lipinski definition) is 0. The van der Waals surface area contributed by atoms with E-state index in [0.717, 1.165) is 31.7 Å². The number of benzene rings is 1. The van der Waals surface area contributed by atoms with Crippen LogP contribution in [0.25, 0.3) is 0 Å².